The van der Waals surface area contributed by atoms with Gasteiger partial charge in [-0.2, -0.15) is 0 Å². The quantitative estimate of drug-likeness (QED) is 0.820. The lowest BCUT2D eigenvalue weighted by molar-refractivity contribution is -0.137. The fourth-order valence-corrected chi connectivity index (χ4v) is 3.43. The SMILES string of the molecule is NCC(CC(=O)O)c1cc2c(s1)CCC2. The zero-order chi connectivity index (χ0) is 10.8. The van der Waals surface area contributed by atoms with Crippen LogP contribution in [0.25, 0.3) is 0 Å². The van der Waals surface area contributed by atoms with Crippen LogP contribution in [0.2, 0.25) is 0 Å². The first-order valence-corrected chi connectivity index (χ1v) is 6.05. The van der Waals surface area contributed by atoms with Gasteiger partial charge >= 0.3 is 5.97 Å². The molecule has 0 amide bonds. The third kappa shape index (κ3) is 2.21. The van der Waals surface area contributed by atoms with Gasteiger partial charge in [0.1, 0.15) is 0 Å². The van der Waals surface area contributed by atoms with Crippen LogP contribution in [0.3, 0.4) is 0 Å². The van der Waals surface area contributed by atoms with Gasteiger partial charge in [-0.15, -0.1) is 11.3 Å². The highest BCUT2D eigenvalue weighted by Crippen LogP contribution is 2.35. The molecule has 0 aliphatic heterocycles. The van der Waals surface area contributed by atoms with E-state index in [9.17, 15) is 4.79 Å². The molecule has 1 aromatic rings. The number of carboxylic acid groups (broad SMARTS) is 1. The molecule has 0 radical (unpaired) electrons. The summed E-state index contributed by atoms with van der Waals surface area (Å²) in [5.74, 6) is -0.767. The minimum absolute atomic E-state index is 0.00176. The van der Waals surface area contributed by atoms with E-state index in [-0.39, 0.29) is 12.3 Å². The van der Waals surface area contributed by atoms with Gasteiger partial charge in [-0.1, -0.05) is 0 Å². The van der Waals surface area contributed by atoms with Crippen LogP contribution in [0.4, 0.5) is 0 Å². The Morgan fingerprint density at radius 3 is 3.00 bits per heavy atom. The van der Waals surface area contributed by atoms with Crippen molar-refractivity contribution >= 4 is 17.3 Å². The summed E-state index contributed by atoms with van der Waals surface area (Å²) in [6.07, 6.45) is 3.70. The summed E-state index contributed by atoms with van der Waals surface area (Å²) in [7, 11) is 0. The Morgan fingerprint density at radius 2 is 2.40 bits per heavy atom. The average Bonchev–Trinajstić information content (AvgIpc) is 2.72. The molecule has 4 heteroatoms. The Morgan fingerprint density at radius 1 is 1.60 bits per heavy atom. The minimum atomic E-state index is -0.765. The van der Waals surface area contributed by atoms with Crippen molar-refractivity contribution in [1.82, 2.24) is 0 Å². The Labute approximate surface area is 92.9 Å². The molecule has 1 aliphatic carbocycles. The van der Waals surface area contributed by atoms with E-state index in [1.807, 2.05) is 0 Å². The number of carboxylic acids is 1. The number of aliphatic carboxylic acids is 1. The minimum Gasteiger partial charge on any atom is -0.481 e. The summed E-state index contributed by atoms with van der Waals surface area (Å²) < 4.78 is 0. The van der Waals surface area contributed by atoms with E-state index in [1.165, 1.54) is 16.9 Å². The van der Waals surface area contributed by atoms with Gasteiger partial charge in [0.05, 0.1) is 6.42 Å². The highest BCUT2D eigenvalue weighted by molar-refractivity contribution is 7.12. The number of hydrogen-bond donors (Lipinski definition) is 2. The smallest absolute Gasteiger partial charge is 0.304 e. The molecule has 82 valence electrons. The topological polar surface area (TPSA) is 63.3 Å². The molecule has 0 spiro atoms. The van der Waals surface area contributed by atoms with Crippen LogP contribution in [0.1, 0.15) is 34.1 Å². The first-order valence-electron chi connectivity index (χ1n) is 5.24. The lowest BCUT2D eigenvalue weighted by Gasteiger charge is -2.09. The molecule has 1 aliphatic rings. The van der Waals surface area contributed by atoms with Crippen LogP contribution >= 0.6 is 11.3 Å². The van der Waals surface area contributed by atoms with Crippen molar-refractivity contribution < 1.29 is 9.90 Å². The zero-order valence-corrected chi connectivity index (χ0v) is 9.35. The van der Waals surface area contributed by atoms with E-state index in [0.717, 1.165) is 17.7 Å². The zero-order valence-electron chi connectivity index (χ0n) is 8.53. The Bertz CT molecular complexity index is 351. The van der Waals surface area contributed by atoms with Crippen LogP contribution in [0.5, 0.6) is 0 Å². The Kier molecular flexibility index (Phi) is 3.07. The number of carbonyl (C=O) groups is 1. The lowest BCUT2D eigenvalue weighted by atomic mass is 10.0. The van der Waals surface area contributed by atoms with Gasteiger partial charge in [0.15, 0.2) is 0 Å². The maximum absolute atomic E-state index is 10.7. The number of fused-ring (bicyclic) bond motifs is 1. The van der Waals surface area contributed by atoms with Crippen molar-refractivity contribution in [2.45, 2.75) is 31.6 Å². The monoisotopic (exact) mass is 225 g/mol. The van der Waals surface area contributed by atoms with Crippen molar-refractivity contribution in [2.24, 2.45) is 5.73 Å². The molecule has 1 heterocycles. The predicted octanol–water partition coefficient (Wildman–Crippen LogP) is 1.75. The third-order valence-electron chi connectivity index (χ3n) is 2.87. The van der Waals surface area contributed by atoms with E-state index in [2.05, 4.69) is 6.07 Å². The second-order valence-electron chi connectivity index (χ2n) is 3.98. The van der Waals surface area contributed by atoms with Crippen molar-refractivity contribution in [3.8, 4) is 0 Å². The van der Waals surface area contributed by atoms with Crippen LogP contribution in [0, 0.1) is 0 Å². The number of thiophene rings is 1. The number of hydrogen-bond acceptors (Lipinski definition) is 3. The van der Waals surface area contributed by atoms with Crippen LogP contribution in [0.15, 0.2) is 6.07 Å². The summed E-state index contributed by atoms with van der Waals surface area (Å²) in [4.78, 5) is 13.3. The van der Waals surface area contributed by atoms with Crippen molar-refractivity contribution in [2.75, 3.05) is 6.54 Å². The predicted molar refractivity (Wildman–Crippen MR) is 60.4 cm³/mol. The van der Waals surface area contributed by atoms with Crippen LogP contribution in [-0.2, 0) is 17.6 Å². The first kappa shape index (κ1) is 10.6. The molecular weight excluding hydrogens is 210 g/mol. The third-order valence-corrected chi connectivity index (χ3v) is 4.27. The molecule has 0 bridgehead atoms. The van der Waals surface area contributed by atoms with Gasteiger partial charge in [0, 0.05) is 22.2 Å². The highest BCUT2D eigenvalue weighted by Gasteiger charge is 2.21. The molecule has 1 unspecified atom stereocenters. The molecule has 0 saturated carbocycles. The molecule has 0 aromatic carbocycles. The summed E-state index contributed by atoms with van der Waals surface area (Å²) >= 11 is 1.75. The van der Waals surface area contributed by atoms with Crippen molar-refractivity contribution in [1.29, 1.82) is 0 Å². The molecule has 3 N–H and O–H groups in total. The lowest BCUT2D eigenvalue weighted by Crippen LogP contribution is -2.15. The number of aryl methyl sites for hydroxylation is 2. The summed E-state index contributed by atoms with van der Waals surface area (Å²) in [6, 6.07) is 2.16. The van der Waals surface area contributed by atoms with Gasteiger partial charge in [-0.05, 0) is 30.9 Å². The van der Waals surface area contributed by atoms with E-state index in [4.69, 9.17) is 10.8 Å². The van der Waals surface area contributed by atoms with E-state index >= 15 is 0 Å². The standard InChI is InChI=1S/C11H15NO2S/c12-6-8(5-11(13)14)10-4-7-2-1-3-9(7)15-10/h4,8H,1-3,5-6,12H2,(H,13,14). The molecule has 15 heavy (non-hydrogen) atoms. The van der Waals surface area contributed by atoms with Crippen LogP contribution < -0.4 is 5.73 Å². The van der Waals surface area contributed by atoms with Crippen LogP contribution in [-0.4, -0.2) is 17.6 Å². The maximum Gasteiger partial charge on any atom is 0.304 e. The molecule has 0 saturated heterocycles. The maximum atomic E-state index is 10.7. The Hall–Kier alpha value is -0.870. The van der Waals surface area contributed by atoms with Gasteiger partial charge in [-0.25, -0.2) is 0 Å². The van der Waals surface area contributed by atoms with Gasteiger partial charge in [0.25, 0.3) is 0 Å². The summed E-state index contributed by atoms with van der Waals surface area (Å²) in [5.41, 5.74) is 7.03. The largest absolute Gasteiger partial charge is 0.481 e. The second-order valence-corrected chi connectivity index (χ2v) is 5.15. The molecule has 2 rings (SSSR count). The van der Waals surface area contributed by atoms with E-state index < -0.39 is 5.97 Å². The van der Waals surface area contributed by atoms with Gasteiger partial charge in [-0.3, -0.25) is 4.79 Å². The summed E-state index contributed by atoms with van der Waals surface area (Å²) in [6.45, 7) is 0.422. The fourth-order valence-electron chi connectivity index (χ4n) is 2.06. The van der Waals surface area contributed by atoms with E-state index in [1.54, 1.807) is 11.3 Å². The second kappa shape index (κ2) is 4.33. The van der Waals surface area contributed by atoms with Gasteiger partial charge < -0.3 is 10.8 Å². The number of nitrogens with two attached hydrogens (primary N) is 1. The molecule has 0 fully saturated rings. The molecule has 3 nitrogen and oxygen atoms in total. The average molecular weight is 225 g/mol. The number of rotatable bonds is 4. The summed E-state index contributed by atoms with van der Waals surface area (Å²) in [5, 5.41) is 8.77. The van der Waals surface area contributed by atoms with Crippen molar-refractivity contribution in [3.05, 3.63) is 21.4 Å². The van der Waals surface area contributed by atoms with Crippen molar-refractivity contribution in [3.63, 3.8) is 0 Å². The molecular formula is C11H15NO2S. The Balaban J connectivity index is 2.16. The fraction of sp³-hybridized carbons (Fsp3) is 0.545. The first-order chi connectivity index (χ1) is 7.20. The molecule has 1 atom stereocenters. The van der Waals surface area contributed by atoms with E-state index in [0.29, 0.717) is 6.54 Å². The molecule has 1 aromatic heterocycles. The van der Waals surface area contributed by atoms with Gasteiger partial charge in [0.2, 0.25) is 0 Å². The normalized spacial score (nSPS) is 16.3. The highest BCUT2D eigenvalue weighted by atomic mass is 32.1.